The zero-order valence-electron chi connectivity index (χ0n) is 12.3. The van der Waals surface area contributed by atoms with Crippen molar-refractivity contribution in [2.24, 2.45) is 7.05 Å². The lowest BCUT2D eigenvalue weighted by Crippen LogP contribution is -2.24. The van der Waals surface area contributed by atoms with Gasteiger partial charge in [0, 0.05) is 32.9 Å². The number of halogens is 2. The Balaban J connectivity index is 0.00000121. The van der Waals surface area contributed by atoms with Gasteiger partial charge in [-0.2, -0.15) is 5.10 Å². The molecule has 0 aliphatic carbocycles. The lowest BCUT2D eigenvalue weighted by Gasteiger charge is -2.06. The number of rotatable bonds is 4. The molecule has 0 fully saturated rings. The Bertz CT molecular complexity index is 642. The number of amides is 1. The quantitative estimate of drug-likeness (QED) is 0.889. The first-order chi connectivity index (χ1) is 9.70. The van der Waals surface area contributed by atoms with Gasteiger partial charge in [-0.25, -0.2) is 0 Å². The first-order valence-corrected chi connectivity index (χ1v) is 6.76. The summed E-state index contributed by atoms with van der Waals surface area (Å²) in [7, 11) is 1.85. The van der Waals surface area contributed by atoms with Crippen molar-refractivity contribution in [2.45, 2.75) is 26.1 Å². The standard InChI is InChI=1S/C15H18N4O.2ClH/c1-19-10-12(7-18-19)5-15(20)17-6-11-2-3-13-8-16-9-14(13)4-11;;/h2-4,7,10,16H,5-6,8-9H2,1H3,(H,17,20);2*1H. The molecule has 1 aliphatic rings. The third-order valence-electron chi connectivity index (χ3n) is 3.51. The number of nitrogens with one attached hydrogen (secondary N) is 2. The Labute approximate surface area is 142 Å². The summed E-state index contributed by atoms with van der Waals surface area (Å²) >= 11 is 0. The molecule has 0 spiro atoms. The predicted molar refractivity (Wildman–Crippen MR) is 90.2 cm³/mol. The first kappa shape index (κ1) is 18.5. The van der Waals surface area contributed by atoms with Crippen LogP contribution >= 0.6 is 24.8 Å². The Kier molecular flexibility index (Phi) is 6.87. The maximum absolute atomic E-state index is 11.9. The molecule has 0 saturated carbocycles. The molecule has 2 aromatic rings. The Morgan fingerprint density at radius 2 is 2.05 bits per heavy atom. The molecule has 1 aromatic carbocycles. The number of benzene rings is 1. The van der Waals surface area contributed by atoms with Crippen LogP contribution in [0.5, 0.6) is 0 Å². The molecule has 3 rings (SSSR count). The van der Waals surface area contributed by atoms with Crippen LogP contribution < -0.4 is 10.6 Å². The number of carbonyl (C=O) groups excluding carboxylic acids is 1. The van der Waals surface area contributed by atoms with Gasteiger partial charge in [-0.1, -0.05) is 18.2 Å². The Hall–Kier alpha value is -1.56. The molecule has 0 saturated heterocycles. The van der Waals surface area contributed by atoms with Gasteiger partial charge in [0.2, 0.25) is 5.91 Å². The smallest absolute Gasteiger partial charge is 0.224 e. The Morgan fingerprint density at radius 3 is 2.77 bits per heavy atom. The van der Waals surface area contributed by atoms with E-state index in [4.69, 9.17) is 0 Å². The van der Waals surface area contributed by atoms with Crippen molar-refractivity contribution < 1.29 is 4.79 Å². The van der Waals surface area contributed by atoms with Gasteiger partial charge in [0.15, 0.2) is 0 Å². The third kappa shape index (κ3) is 4.47. The van der Waals surface area contributed by atoms with Gasteiger partial charge in [-0.3, -0.25) is 9.48 Å². The van der Waals surface area contributed by atoms with Crippen LogP contribution in [0.1, 0.15) is 22.3 Å². The fourth-order valence-electron chi connectivity index (χ4n) is 2.47. The van der Waals surface area contributed by atoms with Gasteiger partial charge in [0.25, 0.3) is 0 Å². The lowest BCUT2D eigenvalue weighted by atomic mass is 10.1. The van der Waals surface area contributed by atoms with E-state index in [0.717, 1.165) is 24.2 Å². The monoisotopic (exact) mass is 342 g/mol. The molecule has 0 bridgehead atoms. The Morgan fingerprint density at radius 1 is 1.27 bits per heavy atom. The number of aromatic nitrogens is 2. The fraction of sp³-hybridized carbons (Fsp3) is 0.333. The van der Waals surface area contributed by atoms with Gasteiger partial charge in [-0.15, -0.1) is 24.8 Å². The minimum absolute atomic E-state index is 0. The minimum atomic E-state index is 0. The van der Waals surface area contributed by atoms with Gasteiger partial charge in [0.1, 0.15) is 0 Å². The second kappa shape index (κ2) is 8.17. The van der Waals surface area contributed by atoms with E-state index in [0.29, 0.717) is 13.0 Å². The molecule has 120 valence electrons. The van der Waals surface area contributed by atoms with Crippen molar-refractivity contribution in [3.8, 4) is 0 Å². The highest BCUT2D eigenvalue weighted by Gasteiger charge is 2.10. The van der Waals surface area contributed by atoms with Crippen LogP contribution in [0.15, 0.2) is 30.6 Å². The van der Waals surface area contributed by atoms with E-state index in [-0.39, 0.29) is 30.7 Å². The minimum Gasteiger partial charge on any atom is -0.352 e. The second-order valence-electron chi connectivity index (χ2n) is 5.18. The zero-order chi connectivity index (χ0) is 13.9. The van der Waals surface area contributed by atoms with E-state index in [2.05, 4.69) is 33.9 Å². The highest BCUT2D eigenvalue weighted by atomic mass is 35.5. The molecule has 2 N–H and O–H groups in total. The fourth-order valence-corrected chi connectivity index (χ4v) is 2.47. The predicted octanol–water partition coefficient (Wildman–Crippen LogP) is 1.73. The van der Waals surface area contributed by atoms with Gasteiger partial charge in [-0.05, 0) is 22.3 Å². The van der Waals surface area contributed by atoms with Gasteiger partial charge in [0.05, 0.1) is 12.6 Å². The van der Waals surface area contributed by atoms with Crippen molar-refractivity contribution in [1.29, 1.82) is 0 Å². The third-order valence-corrected chi connectivity index (χ3v) is 3.51. The molecular weight excluding hydrogens is 323 g/mol. The number of fused-ring (bicyclic) bond motifs is 1. The van der Waals surface area contributed by atoms with Gasteiger partial charge < -0.3 is 10.6 Å². The van der Waals surface area contributed by atoms with Crippen LogP contribution in [0.2, 0.25) is 0 Å². The second-order valence-corrected chi connectivity index (χ2v) is 5.18. The topological polar surface area (TPSA) is 59.0 Å². The summed E-state index contributed by atoms with van der Waals surface area (Å²) in [6.45, 7) is 2.45. The summed E-state index contributed by atoms with van der Waals surface area (Å²) in [4.78, 5) is 11.9. The zero-order valence-corrected chi connectivity index (χ0v) is 14.0. The molecule has 0 atom stereocenters. The maximum atomic E-state index is 11.9. The number of carbonyl (C=O) groups is 1. The van der Waals surface area contributed by atoms with E-state index in [1.165, 1.54) is 11.1 Å². The maximum Gasteiger partial charge on any atom is 0.224 e. The first-order valence-electron chi connectivity index (χ1n) is 6.76. The molecule has 1 aromatic heterocycles. The summed E-state index contributed by atoms with van der Waals surface area (Å²) in [5.74, 6) is 0.0247. The lowest BCUT2D eigenvalue weighted by molar-refractivity contribution is -0.120. The van der Waals surface area contributed by atoms with Crippen LogP contribution in [-0.4, -0.2) is 15.7 Å². The van der Waals surface area contributed by atoms with Crippen LogP contribution in [0.25, 0.3) is 0 Å². The molecule has 0 unspecified atom stereocenters. The van der Waals surface area contributed by atoms with Crippen molar-refractivity contribution >= 4 is 30.7 Å². The van der Waals surface area contributed by atoms with Crippen molar-refractivity contribution in [1.82, 2.24) is 20.4 Å². The van der Waals surface area contributed by atoms with Crippen molar-refractivity contribution in [2.75, 3.05) is 0 Å². The van der Waals surface area contributed by atoms with Crippen LogP contribution in [0.3, 0.4) is 0 Å². The number of hydrogen-bond acceptors (Lipinski definition) is 3. The summed E-state index contributed by atoms with van der Waals surface area (Å²) in [6.07, 6.45) is 3.96. The number of nitrogens with zero attached hydrogens (tertiary/aromatic N) is 2. The summed E-state index contributed by atoms with van der Waals surface area (Å²) < 4.78 is 1.70. The number of hydrogen-bond donors (Lipinski definition) is 2. The molecule has 2 heterocycles. The molecule has 0 radical (unpaired) electrons. The molecule has 5 nitrogen and oxygen atoms in total. The number of aryl methyl sites for hydroxylation is 1. The highest BCUT2D eigenvalue weighted by molar-refractivity contribution is 5.85. The summed E-state index contributed by atoms with van der Waals surface area (Å²) in [5, 5.41) is 10.3. The van der Waals surface area contributed by atoms with Crippen molar-refractivity contribution in [3.05, 3.63) is 52.8 Å². The van der Waals surface area contributed by atoms with Crippen LogP contribution in [0, 0.1) is 0 Å². The molecule has 1 aliphatic heterocycles. The van der Waals surface area contributed by atoms with Crippen molar-refractivity contribution in [3.63, 3.8) is 0 Å². The van der Waals surface area contributed by atoms with E-state index in [1.54, 1.807) is 10.9 Å². The van der Waals surface area contributed by atoms with E-state index in [1.807, 2.05) is 13.2 Å². The molecule has 7 heteroatoms. The summed E-state index contributed by atoms with van der Waals surface area (Å²) in [5.41, 5.74) is 4.77. The average molecular weight is 343 g/mol. The molecular formula is C15H20Cl2N4O. The molecule has 1 amide bonds. The SMILES string of the molecule is Cl.Cl.Cn1cc(CC(=O)NCc2ccc3c(c2)CNC3)cn1. The van der Waals surface area contributed by atoms with E-state index < -0.39 is 0 Å². The normalized spacial score (nSPS) is 12.0. The van der Waals surface area contributed by atoms with E-state index >= 15 is 0 Å². The van der Waals surface area contributed by atoms with Crippen LogP contribution in [-0.2, 0) is 37.9 Å². The van der Waals surface area contributed by atoms with Crippen LogP contribution in [0.4, 0.5) is 0 Å². The average Bonchev–Trinajstić information content (AvgIpc) is 3.04. The van der Waals surface area contributed by atoms with E-state index in [9.17, 15) is 4.79 Å². The molecule has 22 heavy (non-hydrogen) atoms. The largest absolute Gasteiger partial charge is 0.352 e. The highest BCUT2D eigenvalue weighted by Crippen LogP contribution is 2.16. The summed E-state index contributed by atoms with van der Waals surface area (Å²) in [6, 6.07) is 6.38. The van der Waals surface area contributed by atoms with Gasteiger partial charge >= 0.3 is 0 Å².